The lowest BCUT2D eigenvalue weighted by molar-refractivity contribution is -0.138. The van der Waals surface area contributed by atoms with Gasteiger partial charge >= 0.3 is 12.1 Å². The van der Waals surface area contributed by atoms with Gasteiger partial charge in [-0.25, -0.2) is 9.59 Å². The van der Waals surface area contributed by atoms with Crippen LogP contribution in [0.1, 0.15) is 34.1 Å². The number of alkyl carbamates (subject to hydrolysis) is 1. The van der Waals surface area contributed by atoms with Gasteiger partial charge in [0.15, 0.2) is 0 Å². The first-order chi connectivity index (χ1) is 11.2. The van der Waals surface area contributed by atoms with Crippen LogP contribution in [0.5, 0.6) is 0 Å². The first kappa shape index (κ1) is 20.0. The Hall–Kier alpha value is -2.09. The van der Waals surface area contributed by atoms with Crippen molar-refractivity contribution in [2.75, 3.05) is 19.8 Å². The molecule has 1 aliphatic rings. The Morgan fingerprint density at radius 2 is 2.17 bits per heavy atom. The molecule has 0 aromatic rings. The minimum absolute atomic E-state index is 0.182. The molecule has 2 amide bonds. The van der Waals surface area contributed by atoms with Crippen LogP contribution in [0.2, 0.25) is 0 Å². The molecule has 0 unspecified atom stereocenters. The summed E-state index contributed by atoms with van der Waals surface area (Å²) >= 11 is 0. The lowest BCUT2D eigenvalue weighted by atomic mass is 10.1. The fourth-order valence-electron chi connectivity index (χ4n) is 2.00. The summed E-state index contributed by atoms with van der Waals surface area (Å²) in [4.78, 5) is 35.2. The Kier molecular flexibility index (Phi) is 7.70. The molecule has 136 valence electrons. The maximum absolute atomic E-state index is 11.9. The summed E-state index contributed by atoms with van der Waals surface area (Å²) < 4.78 is 15.4. The van der Waals surface area contributed by atoms with Crippen molar-refractivity contribution in [2.24, 2.45) is 0 Å². The zero-order chi connectivity index (χ0) is 18.2. The number of hydrogen-bond donors (Lipinski definition) is 2. The average Bonchev–Trinajstić information content (AvgIpc) is 2.45. The molecule has 0 aliphatic carbocycles. The lowest BCUT2D eigenvalue weighted by Crippen LogP contribution is -2.48. The Morgan fingerprint density at radius 3 is 2.75 bits per heavy atom. The summed E-state index contributed by atoms with van der Waals surface area (Å²) in [5.74, 6) is -0.774. The van der Waals surface area contributed by atoms with E-state index in [0.717, 1.165) is 0 Å². The SMILES string of the molecule is CCOC(=O)C=C[C@H](C[C@@H]1OCCNC1=O)NC(=O)OC(C)(C)C. The second kappa shape index (κ2) is 9.27. The highest BCUT2D eigenvalue weighted by molar-refractivity contribution is 5.83. The Bertz CT molecular complexity index is 483. The smallest absolute Gasteiger partial charge is 0.408 e. The van der Waals surface area contributed by atoms with Crippen LogP contribution in [0.15, 0.2) is 12.2 Å². The number of hydrogen-bond acceptors (Lipinski definition) is 6. The van der Waals surface area contributed by atoms with Crippen molar-refractivity contribution in [3.8, 4) is 0 Å². The van der Waals surface area contributed by atoms with Gasteiger partial charge in [-0.3, -0.25) is 4.79 Å². The van der Waals surface area contributed by atoms with E-state index in [2.05, 4.69) is 10.6 Å². The van der Waals surface area contributed by atoms with Gasteiger partial charge < -0.3 is 24.8 Å². The van der Waals surface area contributed by atoms with E-state index in [1.165, 1.54) is 12.2 Å². The fraction of sp³-hybridized carbons (Fsp3) is 0.688. The van der Waals surface area contributed by atoms with Gasteiger partial charge in [0.2, 0.25) is 5.91 Å². The normalized spacial score (nSPS) is 19.5. The molecule has 24 heavy (non-hydrogen) atoms. The van der Waals surface area contributed by atoms with Crippen molar-refractivity contribution in [2.45, 2.75) is 51.9 Å². The third-order valence-electron chi connectivity index (χ3n) is 2.93. The number of morpholine rings is 1. The first-order valence-corrected chi connectivity index (χ1v) is 7.95. The van der Waals surface area contributed by atoms with Gasteiger partial charge in [-0.2, -0.15) is 0 Å². The summed E-state index contributed by atoms with van der Waals surface area (Å²) in [6.07, 6.45) is 1.52. The molecule has 0 spiro atoms. The number of rotatable bonds is 6. The van der Waals surface area contributed by atoms with Crippen molar-refractivity contribution in [3.05, 3.63) is 12.2 Å². The van der Waals surface area contributed by atoms with E-state index in [1.54, 1.807) is 27.7 Å². The van der Waals surface area contributed by atoms with Crippen molar-refractivity contribution in [1.82, 2.24) is 10.6 Å². The number of esters is 1. The zero-order valence-corrected chi connectivity index (χ0v) is 14.6. The van der Waals surface area contributed by atoms with Crippen molar-refractivity contribution < 1.29 is 28.6 Å². The molecule has 1 fully saturated rings. The molecule has 0 aromatic heterocycles. The van der Waals surface area contributed by atoms with E-state index in [0.29, 0.717) is 13.2 Å². The molecule has 1 heterocycles. The van der Waals surface area contributed by atoms with E-state index in [9.17, 15) is 14.4 Å². The highest BCUT2D eigenvalue weighted by Gasteiger charge is 2.27. The van der Waals surface area contributed by atoms with Crippen LogP contribution in [0, 0.1) is 0 Å². The number of carbonyl (C=O) groups excluding carboxylic acids is 3. The zero-order valence-electron chi connectivity index (χ0n) is 14.6. The molecule has 1 aliphatic heterocycles. The Morgan fingerprint density at radius 1 is 1.46 bits per heavy atom. The quantitative estimate of drug-likeness (QED) is 0.549. The van der Waals surface area contributed by atoms with Gasteiger partial charge in [-0.05, 0) is 27.7 Å². The van der Waals surface area contributed by atoms with Crippen molar-refractivity contribution in [3.63, 3.8) is 0 Å². The summed E-state index contributed by atoms with van der Waals surface area (Å²) in [7, 11) is 0. The van der Waals surface area contributed by atoms with Crippen molar-refractivity contribution >= 4 is 18.0 Å². The summed E-state index contributed by atoms with van der Waals surface area (Å²) in [5, 5.41) is 5.31. The molecule has 8 heteroatoms. The van der Waals surface area contributed by atoms with Gasteiger partial charge in [-0.1, -0.05) is 6.08 Å². The first-order valence-electron chi connectivity index (χ1n) is 7.95. The van der Waals surface area contributed by atoms with E-state index >= 15 is 0 Å². The van der Waals surface area contributed by atoms with Crippen molar-refractivity contribution in [1.29, 1.82) is 0 Å². The van der Waals surface area contributed by atoms with Crippen LogP contribution in [0.3, 0.4) is 0 Å². The summed E-state index contributed by atoms with van der Waals surface area (Å²) in [6, 6.07) is -0.613. The Balaban J connectivity index is 2.72. The largest absolute Gasteiger partial charge is 0.463 e. The lowest BCUT2D eigenvalue weighted by Gasteiger charge is -2.27. The van der Waals surface area contributed by atoms with Crippen LogP contribution in [-0.2, 0) is 23.8 Å². The summed E-state index contributed by atoms with van der Waals surface area (Å²) in [5.41, 5.74) is -0.655. The molecule has 0 bridgehead atoms. The molecule has 1 rings (SSSR count). The number of ether oxygens (including phenoxy) is 3. The standard InChI is InChI=1S/C16H26N2O6/c1-5-22-13(19)7-6-11(18-15(21)24-16(2,3)4)10-12-14(20)17-8-9-23-12/h6-7,11-12H,5,8-10H2,1-4H3,(H,17,20)(H,18,21)/t11-,12+/m1/s1. The van der Waals surface area contributed by atoms with Crippen LogP contribution in [0.25, 0.3) is 0 Å². The van der Waals surface area contributed by atoms with Gasteiger partial charge in [0, 0.05) is 19.0 Å². The molecule has 2 N–H and O–H groups in total. The molecular formula is C16H26N2O6. The maximum Gasteiger partial charge on any atom is 0.408 e. The third-order valence-corrected chi connectivity index (χ3v) is 2.93. The fourth-order valence-corrected chi connectivity index (χ4v) is 2.00. The van der Waals surface area contributed by atoms with Crippen LogP contribution in [-0.4, -0.2) is 55.5 Å². The van der Waals surface area contributed by atoms with Gasteiger partial charge in [0.05, 0.1) is 19.3 Å². The van der Waals surface area contributed by atoms with Gasteiger partial charge in [0.25, 0.3) is 0 Å². The number of carbonyl (C=O) groups is 3. The summed E-state index contributed by atoms with van der Waals surface area (Å²) in [6.45, 7) is 8.04. The van der Waals surface area contributed by atoms with Crippen LogP contribution >= 0.6 is 0 Å². The monoisotopic (exact) mass is 342 g/mol. The van der Waals surface area contributed by atoms with Gasteiger partial charge in [0.1, 0.15) is 11.7 Å². The molecule has 0 aromatic carbocycles. The molecule has 1 saturated heterocycles. The van der Waals surface area contributed by atoms with Crippen LogP contribution < -0.4 is 10.6 Å². The van der Waals surface area contributed by atoms with E-state index in [-0.39, 0.29) is 18.9 Å². The van der Waals surface area contributed by atoms with Gasteiger partial charge in [-0.15, -0.1) is 0 Å². The second-order valence-corrected chi connectivity index (χ2v) is 6.25. The highest BCUT2D eigenvalue weighted by Crippen LogP contribution is 2.11. The van der Waals surface area contributed by atoms with Crippen LogP contribution in [0.4, 0.5) is 4.79 Å². The third kappa shape index (κ3) is 7.96. The average molecular weight is 342 g/mol. The predicted molar refractivity (Wildman–Crippen MR) is 86.3 cm³/mol. The topological polar surface area (TPSA) is 103 Å². The molecule has 0 saturated carbocycles. The minimum atomic E-state index is -0.703. The minimum Gasteiger partial charge on any atom is -0.463 e. The van der Waals surface area contributed by atoms with E-state index in [1.807, 2.05) is 0 Å². The molecule has 2 atom stereocenters. The van der Waals surface area contributed by atoms with E-state index in [4.69, 9.17) is 14.2 Å². The highest BCUT2D eigenvalue weighted by atomic mass is 16.6. The Labute approximate surface area is 141 Å². The van der Waals surface area contributed by atoms with E-state index < -0.39 is 29.8 Å². The second-order valence-electron chi connectivity index (χ2n) is 6.25. The molecule has 8 nitrogen and oxygen atoms in total. The maximum atomic E-state index is 11.9. The molecule has 0 radical (unpaired) electrons. The molecular weight excluding hydrogens is 316 g/mol. The number of nitrogens with one attached hydrogen (secondary N) is 2. The number of amides is 2. The predicted octanol–water partition coefficient (Wildman–Crippen LogP) is 0.904.